The Hall–Kier alpha value is -1.14. The zero-order valence-corrected chi connectivity index (χ0v) is 10.4. The van der Waals surface area contributed by atoms with Gasteiger partial charge in [-0.25, -0.2) is 4.98 Å². The van der Waals surface area contributed by atoms with Gasteiger partial charge in [0.2, 0.25) is 5.91 Å². The molecule has 2 unspecified atom stereocenters. The van der Waals surface area contributed by atoms with Crippen molar-refractivity contribution in [1.29, 1.82) is 0 Å². The van der Waals surface area contributed by atoms with E-state index in [1.807, 2.05) is 0 Å². The van der Waals surface area contributed by atoms with E-state index < -0.39 is 0 Å². The number of nitrogens with one attached hydrogen (secondary N) is 1. The Balaban J connectivity index is 1.85. The quantitative estimate of drug-likeness (QED) is 0.733. The van der Waals surface area contributed by atoms with Gasteiger partial charge in [0.05, 0.1) is 12.1 Å². The van der Waals surface area contributed by atoms with Crippen LogP contribution in [0.3, 0.4) is 0 Å². The first-order valence-corrected chi connectivity index (χ1v) is 6.67. The summed E-state index contributed by atoms with van der Waals surface area (Å²) in [5, 5.41) is 14.4. The second kappa shape index (κ2) is 5.46. The van der Waals surface area contributed by atoms with Gasteiger partial charge in [0.15, 0.2) is 5.13 Å². The van der Waals surface area contributed by atoms with Crippen molar-refractivity contribution in [1.82, 2.24) is 10.3 Å². The summed E-state index contributed by atoms with van der Waals surface area (Å²) in [4.78, 5) is 15.8. The molecule has 5 nitrogen and oxygen atoms in total. The van der Waals surface area contributed by atoms with Crippen LogP contribution in [0.15, 0.2) is 5.38 Å². The lowest BCUT2D eigenvalue weighted by Gasteiger charge is -2.18. The van der Waals surface area contributed by atoms with Crippen LogP contribution < -0.4 is 11.1 Å². The molecule has 1 saturated carbocycles. The van der Waals surface area contributed by atoms with Gasteiger partial charge < -0.3 is 16.2 Å². The van der Waals surface area contributed by atoms with E-state index in [1.165, 1.54) is 11.3 Å². The molecule has 2 rings (SSSR count). The summed E-state index contributed by atoms with van der Waals surface area (Å²) in [5.41, 5.74) is 6.22. The minimum atomic E-state index is -0.0411. The Morgan fingerprint density at radius 1 is 1.65 bits per heavy atom. The molecule has 0 saturated heterocycles. The molecule has 2 atom stereocenters. The molecule has 1 aliphatic rings. The van der Waals surface area contributed by atoms with Crippen molar-refractivity contribution >= 4 is 22.4 Å². The molecule has 0 radical (unpaired) electrons. The summed E-state index contributed by atoms with van der Waals surface area (Å²) in [5.74, 6) is 0.167. The monoisotopic (exact) mass is 255 g/mol. The standard InChI is InChI=1S/C11H17N3O2S/c12-11-13-8(6-17-11)4-10(16)14-9-3-1-2-7(9)5-15/h6-7,9,15H,1-5H2,(H2,12,13)(H,14,16). The van der Waals surface area contributed by atoms with Crippen LogP contribution in [-0.2, 0) is 11.2 Å². The minimum absolute atomic E-state index is 0.0411. The van der Waals surface area contributed by atoms with Gasteiger partial charge in [-0.1, -0.05) is 6.42 Å². The van der Waals surface area contributed by atoms with Crippen molar-refractivity contribution < 1.29 is 9.90 Å². The molecule has 1 aromatic rings. The first-order chi connectivity index (χ1) is 8.19. The number of aromatic nitrogens is 1. The van der Waals surface area contributed by atoms with Crippen molar-refractivity contribution in [3.8, 4) is 0 Å². The maximum Gasteiger partial charge on any atom is 0.226 e. The largest absolute Gasteiger partial charge is 0.396 e. The number of aliphatic hydroxyl groups is 1. The molecule has 1 amide bonds. The van der Waals surface area contributed by atoms with Crippen LogP contribution in [0, 0.1) is 5.92 Å². The fourth-order valence-corrected chi connectivity index (χ4v) is 2.83. The van der Waals surface area contributed by atoms with E-state index in [2.05, 4.69) is 10.3 Å². The van der Waals surface area contributed by atoms with Gasteiger partial charge in [0.25, 0.3) is 0 Å². The number of carbonyl (C=O) groups is 1. The normalized spacial score (nSPS) is 23.8. The van der Waals surface area contributed by atoms with E-state index in [9.17, 15) is 4.79 Å². The van der Waals surface area contributed by atoms with Gasteiger partial charge in [-0.2, -0.15) is 0 Å². The Morgan fingerprint density at radius 2 is 2.47 bits per heavy atom. The number of hydrogen-bond donors (Lipinski definition) is 3. The third kappa shape index (κ3) is 3.17. The van der Waals surface area contributed by atoms with Crippen molar-refractivity contribution in [2.24, 2.45) is 5.92 Å². The molecule has 0 bridgehead atoms. The van der Waals surface area contributed by atoms with Crippen molar-refractivity contribution in [3.05, 3.63) is 11.1 Å². The summed E-state index contributed by atoms with van der Waals surface area (Å²) < 4.78 is 0. The zero-order valence-electron chi connectivity index (χ0n) is 9.56. The summed E-state index contributed by atoms with van der Waals surface area (Å²) in [6.45, 7) is 0.147. The summed E-state index contributed by atoms with van der Waals surface area (Å²) in [7, 11) is 0. The highest BCUT2D eigenvalue weighted by atomic mass is 32.1. The van der Waals surface area contributed by atoms with Crippen LogP contribution in [0.4, 0.5) is 5.13 Å². The van der Waals surface area contributed by atoms with E-state index in [4.69, 9.17) is 10.8 Å². The second-order valence-corrected chi connectivity index (χ2v) is 5.29. The first-order valence-electron chi connectivity index (χ1n) is 5.79. The zero-order chi connectivity index (χ0) is 12.3. The van der Waals surface area contributed by atoms with E-state index in [-0.39, 0.29) is 30.9 Å². The molecule has 1 aromatic heterocycles. The number of aliphatic hydroxyl groups excluding tert-OH is 1. The van der Waals surface area contributed by atoms with Crippen LogP contribution in [0.5, 0.6) is 0 Å². The van der Waals surface area contributed by atoms with Gasteiger partial charge in [-0.3, -0.25) is 4.79 Å². The van der Waals surface area contributed by atoms with Gasteiger partial charge >= 0.3 is 0 Å². The molecule has 6 heteroatoms. The summed E-state index contributed by atoms with van der Waals surface area (Å²) in [6.07, 6.45) is 3.28. The highest BCUT2D eigenvalue weighted by Gasteiger charge is 2.27. The average molecular weight is 255 g/mol. The van der Waals surface area contributed by atoms with E-state index in [0.717, 1.165) is 19.3 Å². The molecule has 4 N–H and O–H groups in total. The van der Waals surface area contributed by atoms with Crippen molar-refractivity contribution in [2.45, 2.75) is 31.7 Å². The SMILES string of the molecule is Nc1nc(CC(=O)NC2CCCC2CO)cs1. The number of nitrogen functional groups attached to an aromatic ring is 1. The van der Waals surface area contributed by atoms with Gasteiger partial charge in [-0.05, 0) is 12.8 Å². The molecule has 17 heavy (non-hydrogen) atoms. The molecular formula is C11H17N3O2S. The third-order valence-corrected chi connectivity index (χ3v) is 3.87. The lowest BCUT2D eigenvalue weighted by molar-refractivity contribution is -0.121. The number of nitrogens with zero attached hydrogens (tertiary/aromatic N) is 1. The van der Waals surface area contributed by atoms with Crippen molar-refractivity contribution in [2.75, 3.05) is 12.3 Å². The number of amides is 1. The fraction of sp³-hybridized carbons (Fsp3) is 0.636. The topological polar surface area (TPSA) is 88.2 Å². The van der Waals surface area contributed by atoms with Gasteiger partial charge in [0, 0.05) is 23.9 Å². The molecule has 1 aliphatic carbocycles. The lowest BCUT2D eigenvalue weighted by Crippen LogP contribution is -2.39. The molecular weight excluding hydrogens is 238 g/mol. The van der Waals surface area contributed by atoms with E-state index in [1.54, 1.807) is 5.38 Å². The van der Waals surface area contributed by atoms with Crippen LogP contribution >= 0.6 is 11.3 Å². The summed E-state index contributed by atoms with van der Waals surface area (Å²) >= 11 is 1.34. The van der Waals surface area contributed by atoms with Crippen LogP contribution in [0.25, 0.3) is 0 Å². The van der Waals surface area contributed by atoms with Crippen LogP contribution in [0.1, 0.15) is 25.0 Å². The first kappa shape index (κ1) is 12.3. The maximum absolute atomic E-state index is 11.8. The molecule has 94 valence electrons. The Labute approximate surface area is 104 Å². The third-order valence-electron chi connectivity index (χ3n) is 3.15. The van der Waals surface area contributed by atoms with Crippen molar-refractivity contribution in [3.63, 3.8) is 0 Å². The number of rotatable bonds is 4. The number of anilines is 1. The Bertz CT molecular complexity index is 394. The van der Waals surface area contributed by atoms with E-state index in [0.29, 0.717) is 10.8 Å². The Kier molecular flexibility index (Phi) is 3.96. The molecule has 1 heterocycles. The smallest absolute Gasteiger partial charge is 0.226 e. The predicted octanol–water partition coefficient (Wildman–Crippen LogP) is 0.545. The second-order valence-electron chi connectivity index (χ2n) is 4.40. The maximum atomic E-state index is 11.8. The minimum Gasteiger partial charge on any atom is -0.396 e. The van der Waals surface area contributed by atoms with Crippen LogP contribution in [0.2, 0.25) is 0 Å². The number of nitrogens with two attached hydrogens (primary N) is 1. The Morgan fingerprint density at radius 3 is 3.12 bits per heavy atom. The molecule has 0 spiro atoms. The molecule has 0 aromatic carbocycles. The highest BCUT2D eigenvalue weighted by molar-refractivity contribution is 7.13. The van der Waals surface area contributed by atoms with E-state index >= 15 is 0 Å². The highest BCUT2D eigenvalue weighted by Crippen LogP contribution is 2.25. The lowest BCUT2D eigenvalue weighted by atomic mass is 10.1. The average Bonchev–Trinajstić information content (AvgIpc) is 2.87. The molecule has 1 fully saturated rings. The van der Waals surface area contributed by atoms with Crippen LogP contribution in [-0.4, -0.2) is 28.6 Å². The number of thiazole rings is 1. The predicted molar refractivity (Wildman–Crippen MR) is 66.6 cm³/mol. The number of hydrogen-bond acceptors (Lipinski definition) is 5. The number of carbonyl (C=O) groups excluding carboxylic acids is 1. The molecule has 0 aliphatic heterocycles. The van der Waals surface area contributed by atoms with Gasteiger partial charge in [-0.15, -0.1) is 11.3 Å². The van der Waals surface area contributed by atoms with Gasteiger partial charge in [0.1, 0.15) is 0 Å². The fourth-order valence-electron chi connectivity index (χ4n) is 2.27. The summed E-state index contributed by atoms with van der Waals surface area (Å²) in [6, 6.07) is 0.114.